The average Bonchev–Trinajstić information content (AvgIpc) is 3.14. The predicted octanol–water partition coefficient (Wildman–Crippen LogP) is 4.95. The van der Waals surface area contributed by atoms with Crippen LogP contribution in [0.15, 0.2) is 0 Å². The Hall–Kier alpha value is -1.43. The zero-order valence-corrected chi connectivity index (χ0v) is 22.5. The summed E-state index contributed by atoms with van der Waals surface area (Å²) in [4.78, 5) is 37.6. The second-order valence-electron chi connectivity index (χ2n) is 12.7. The van der Waals surface area contributed by atoms with E-state index in [-0.39, 0.29) is 58.5 Å². The van der Waals surface area contributed by atoms with Crippen molar-refractivity contribution in [2.75, 3.05) is 7.11 Å². The molecule has 4 aliphatic carbocycles. The number of fused-ring (bicyclic) bond motifs is 5. The monoisotopic (exact) mass is 490 g/mol. The van der Waals surface area contributed by atoms with Crippen LogP contribution in [-0.2, 0) is 23.9 Å². The van der Waals surface area contributed by atoms with Crippen molar-refractivity contribution in [3.8, 4) is 0 Å². The topological polar surface area (TPSA) is 89.9 Å². The normalized spacial score (nSPS) is 45.6. The number of hydrogen-bond acceptors (Lipinski definition) is 6. The summed E-state index contributed by atoms with van der Waals surface area (Å²) in [6, 6.07) is 0. The van der Waals surface area contributed by atoms with Crippen molar-refractivity contribution in [2.45, 2.75) is 105 Å². The van der Waals surface area contributed by atoms with Crippen LogP contribution in [0.1, 0.15) is 92.4 Å². The quantitative estimate of drug-likeness (QED) is 0.530. The Kier molecular flexibility index (Phi) is 7.45. The van der Waals surface area contributed by atoms with E-state index in [0.717, 1.165) is 51.4 Å². The van der Waals surface area contributed by atoms with E-state index in [1.807, 2.05) is 0 Å². The van der Waals surface area contributed by atoms with Crippen LogP contribution in [0.4, 0.5) is 0 Å². The lowest BCUT2D eigenvalue weighted by Gasteiger charge is -2.63. The van der Waals surface area contributed by atoms with Crippen LogP contribution in [0.5, 0.6) is 0 Å². The SMILES string of the molecule is CC[C@H]1C(=O)C2C3CC[C@H]([C@H](C)CCC(=O)OC)[C@@]3(C)C[C@H](O)C2[C@@]2(C)CC[C@@H](OC(C)=O)C[C@@H]12. The lowest BCUT2D eigenvalue weighted by molar-refractivity contribution is -0.200. The van der Waals surface area contributed by atoms with Crippen molar-refractivity contribution in [3.63, 3.8) is 0 Å². The first-order chi connectivity index (χ1) is 16.5. The average molecular weight is 491 g/mol. The van der Waals surface area contributed by atoms with Crippen LogP contribution < -0.4 is 0 Å². The van der Waals surface area contributed by atoms with E-state index in [0.29, 0.717) is 24.0 Å². The Labute approximate surface area is 210 Å². The molecule has 0 saturated heterocycles. The molecule has 35 heavy (non-hydrogen) atoms. The number of ketones is 1. The minimum absolute atomic E-state index is 0.0247. The molecule has 1 N–H and O–H groups in total. The van der Waals surface area contributed by atoms with Crippen LogP contribution >= 0.6 is 0 Å². The van der Waals surface area contributed by atoms with Crippen molar-refractivity contribution >= 4 is 17.7 Å². The number of aliphatic hydroxyl groups excluding tert-OH is 1. The predicted molar refractivity (Wildman–Crippen MR) is 132 cm³/mol. The maximum atomic E-state index is 14.2. The van der Waals surface area contributed by atoms with E-state index < -0.39 is 6.10 Å². The van der Waals surface area contributed by atoms with Gasteiger partial charge in [0.15, 0.2) is 0 Å². The van der Waals surface area contributed by atoms with Crippen LogP contribution in [0.2, 0.25) is 0 Å². The summed E-state index contributed by atoms with van der Waals surface area (Å²) < 4.78 is 10.5. The van der Waals surface area contributed by atoms with Crippen LogP contribution in [0, 0.1) is 52.3 Å². The minimum atomic E-state index is -0.505. The Balaban J connectivity index is 1.62. The minimum Gasteiger partial charge on any atom is -0.469 e. The Morgan fingerprint density at radius 2 is 1.86 bits per heavy atom. The lowest BCUT2D eigenvalue weighted by atomic mass is 9.41. The number of methoxy groups -OCH3 is 1. The molecule has 4 rings (SSSR count). The first-order valence-corrected chi connectivity index (χ1v) is 13.9. The summed E-state index contributed by atoms with van der Waals surface area (Å²) in [6.07, 6.45) is 6.61. The molecule has 0 radical (unpaired) electrons. The molecule has 4 fully saturated rings. The maximum absolute atomic E-state index is 14.2. The highest BCUT2D eigenvalue weighted by molar-refractivity contribution is 5.86. The Bertz CT molecular complexity index is 839. The molecule has 6 heteroatoms. The first kappa shape index (κ1) is 26.6. The van der Waals surface area contributed by atoms with E-state index in [9.17, 15) is 19.5 Å². The summed E-state index contributed by atoms with van der Waals surface area (Å²) >= 11 is 0. The maximum Gasteiger partial charge on any atom is 0.305 e. The van der Waals surface area contributed by atoms with Crippen LogP contribution in [0.25, 0.3) is 0 Å². The highest BCUT2D eigenvalue weighted by Crippen LogP contribution is 2.68. The van der Waals surface area contributed by atoms with Gasteiger partial charge in [-0.15, -0.1) is 0 Å². The molecule has 0 heterocycles. The first-order valence-electron chi connectivity index (χ1n) is 13.9. The molecule has 6 nitrogen and oxygen atoms in total. The number of carbonyl (C=O) groups excluding carboxylic acids is 3. The smallest absolute Gasteiger partial charge is 0.305 e. The second kappa shape index (κ2) is 9.79. The lowest BCUT2D eigenvalue weighted by Crippen LogP contribution is -2.64. The van der Waals surface area contributed by atoms with Gasteiger partial charge in [0.1, 0.15) is 11.9 Å². The fraction of sp³-hybridized carbons (Fsp3) is 0.897. The number of esters is 2. The fourth-order valence-electron chi connectivity index (χ4n) is 9.70. The molecular formula is C29H46O6. The number of rotatable bonds is 6. The number of carbonyl (C=O) groups is 3. The van der Waals surface area contributed by atoms with E-state index in [4.69, 9.17) is 9.47 Å². The van der Waals surface area contributed by atoms with Crippen LogP contribution in [0.3, 0.4) is 0 Å². The summed E-state index contributed by atoms with van der Waals surface area (Å²) in [6.45, 7) is 10.4. The van der Waals surface area contributed by atoms with Gasteiger partial charge < -0.3 is 14.6 Å². The van der Waals surface area contributed by atoms with Gasteiger partial charge in [0, 0.05) is 31.1 Å². The van der Waals surface area contributed by atoms with Gasteiger partial charge in [0.2, 0.25) is 0 Å². The van der Waals surface area contributed by atoms with Gasteiger partial charge in [-0.05, 0) is 85.9 Å². The van der Waals surface area contributed by atoms with Crippen LogP contribution in [-0.4, -0.2) is 42.1 Å². The zero-order valence-electron chi connectivity index (χ0n) is 22.5. The number of Topliss-reactive ketones (excluding diaryl/α,β-unsaturated/α-hetero) is 1. The van der Waals surface area contributed by atoms with Gasteiger partial charge in [-0.2, -0.15) is 0 Å². The van der Waals surface area contributed by atoms with Gasteiger partial charge in [0.25, 0.3) is 0 Å². The third-order valence-corrected chi connectivity index (χ3v) is 11.2. The van der Waals surface area contributed by atoms with Crippen molar-refractivity contribution in [1.29, 1.82) is 0 Å². The third-order valence-electron chi connectivity index (χ3n) is 11.2. The molecule has 4 saturated carbocycles. The largest absolute Gasteiger partial charge is 0.469 e. The molecule has 0 bridgehead atoms. The van der Waals surface area contributed by atoms with Gasteiger partial charge in [-0.3, -0.25) is 14.4 Å². The van der Waals surface area contributed by atoms with E-state index in [1.165, 1.54) is 14.0 Å². The summed E-state index contributed by atoms with van der Waals surface area (Å²) in [5.74, 6) is 0.936. The second-order valence-corrected chi connectivity index (χ2v) is 12.7. The molecule has 0 spiro atoms. The number of aliphatic hydroxyl groups is 1. The molecule has 0 aromatic rings. The summed E-state index contributed by atoms with van der Waals surface area (Å²) in [5, 5.41) is 11.8. The molecular weight excluding hydrogens is 444 g/mol. The van der Waals surface area contributed by atoms with E-state index in [2.05, 4.69) is 27.7 Å². The van der Waals surface area contributed by atoms with E-state index in [1.54, 1.807) is 0 Å². The molecule has 0 amide bonds. The van der Waals surface area contributed by atoms with E-state index >= 15 is 0 Å². The van der Waals surface area contributed by atoms with Gasteiger partial charge >= 0.3 is 11.9 Å². The van der Waals surface area contributed by atoms with Crippen molar-refractivity contribution in [1.82, 2.24) is 0 Å². The summed E-state index contributed by atoms with van der Waals surface area (Å²) in [7, 11) is 1.43. The molecule has 0 aromatic heterocycles. The van der Waals surface area contributed by atoms with Gasteiger partial charge in [0.05, 0.1) is 13.2 Å². The molecule has 0 aliphatic heterocycles. The number of hydrogen-bond donors (Lipinski definition) is 1. The van der Waals surface area contributed by atoms with Crippen molar-refractivity contribution in [3.05, 3.63) is 0 Å². The molecule has 0 aromatic carbocycles. The highest BCUT2D eigenvalue weighted by atomic mass is 16.5. The highest BCUT2D eigenvalue weighted by Gasteiger charge is 2.67. The standard InChI is InChI=1S/C29H46O6/c1-7-19-22-14-18(35-17(3)30)12-13-28(22,4)26-23(31)15-29(5)20(16(2)8-11-24(32)34-6)9-10-21(29)25(26)27(19)33/h16,18-23,25-26,31H,7-15H2,1-6H3/t16-,18-,19-,20-,21?,22+,23+,25?,26?,28+,29-/m1/s1. The molecule has 4 aliphatic rings. The zero-order chi connectivity index (χ0) is 25.7. The Morgan fingerprint density at radius 1 is 1.14 bits per heavy atom. The molecule has 198 valence electrons. The number of ether oxygens (including phenoxy) is 2. The van der Waals surface area contributed by atoms with Gasteiger partial charge in [-0.1, -0.05) is 27.7 Å². The molecule has 11 atom stereocenters. The van der Waals surface area contributed by atoms with Crippen molar-refractivity contribution in [2.24, 2.45) is 52.3 Å². The van der Waals surface area contributed by atoms with Crippen molar-refractivity contribution < 1.29 is 29.0 Å². The van der Waals surface area contributed by atoms with Gasteiger partial charge in [-0.25, -0.2) is 0 Å². The summed E-state index contributed by atoms with van der Waals surface area (Å²) in [5.41, 5.74) is -0.215. The third kappa shape index (κ3) is 4.36. The molecule has 3 unspecified atom stereocenters. The fourth-order valence-corrected chi connectivity index (χ4v) is 9.70. The Morgan fingerprint density at radius 3 is 2.49 bits per heavy atom.